The summed E-state index contributed by atoms with van der Waals surface area (Å²) in [5.74, 6) is 0. The second-order valence-electron chi connectivity index (χ2n) is 5.65. The molecule has 2 rings (SSSR count). The van der Waals surface area contributed by atoms with Gasteiger partial charge in [-0.25, -0.2) is 10.3 Å². The predicted molar refractivity (Wildman–Crippen MR) is 80.6 cm³/mol. The summed E-state index contributed by atoms with van der Waals surface area (Å²) in [6.45, 7) is 1.78. The molecule has 0 bridgehead atoms. The molecule has 1 aromatic carbocycles. The van der Waals surface area contributed by atoms with Crippen molar-refractivity contribution in [2.45, 2.75) is 57.3 Å². The van der Waals surface area contributed by atoms with E-state index in [1.165, 1.54) is 0 Å². The standard InChI is InChI=1S/C16H24N2O3/c1-12(15(19)11-13-7-3-2-4-8-13)17-16(20)18-21-14-9-5-6-10-14/h2-4,7-8,12,14-15,19H,5-6,9-11H2,1H3,(H2,17,18,20). The molecule has 1 saturated carbocycles. The largest absolute Gasteiger partial charge is 0.391 e. The smallest absolute Gasteiger partial charge is 0.339 e. The number of amides is 2. The fraction of sp³-hybridized carbons (Fsp3) is 0.562. The Bertz CT molecular complexity index is 432. The monoisotopic (exact) mass is 292 g/mol. The van der Waals surface area contributed by atoms with E-state index >= 15 is 0 Å². The van der Waals surface area contributed by atoms with Crippen LogP contribution in [-0.4, -0.2) is 29.4 Å². The van der Waals surface area contributed by atoms with Crippen molar-refractivity contribution in [3.05, 3.63) is 35.9 Å². The van der Waals surface area contributed by atoms with Gasteiger partial charge in [-0.05, 0) is 25.3 Å². The van der Waals surface area contributed by atoms with E-state index in [-0.39, 0.29) is 12.1 Å². The van der Waals surface area contributed by atoms with Gasteiger partial charge in [0.05, 0.1) is 18.2 Å². The van der Waals surface area contributed by atoms with Crippen molar-refractivity contribution in [2.75, 3.05) is 0 Å². The number of hydrogen-bond acceptors (Lipinski definition) is 3. The first-order chi connectivity index (χ1) is 10.1. The number of urea groups is 1. The molecular weight excluding hydrogens is 268 g/mol. The highest BCUT2D eigenvalue weighted by Gasteiger charge is 2.19. The van der Waals surface area contributed by atoms with Crippen molar-refractivity contribution < 1.29 is 14.7 Å². The Balaban J connectivity index is 1.69. The molecule has 2 unspecified atom stereocenters. The first-order valence-electron chi connectivity index (χ1n) is 7.59. The average Bonchev–Trinajstić information content (AvgIpc) is 2.99. The van der Waals surface area contributed by atoms with Gasteiger partial charge in [0.25, 0.3) is 0 Å². The van der Waals surface area contributed by atoms with Crippen LogP contribution in [0.2, 0.25) is 0 Å². The fourth-order valence-corrected chi connectivity index (χ4v) is 2.51. The first-order valence-corrected chi connectivity index (χ1v) is 7.59. The summed E-state index contributed by atoms with van der Waals surface area (Å²) >= 11 is 0. The van der Waals surface area contributed by atoms with Gasteiger partial charge >= 0.3 is 6.03 Å². The molecule has 116 valence electrons. The molecule has 1 fully saturated rings. The summed E-state index contributed by atoms with van der Waals surface area (Å²) in [6.07, 6.45) is 4.29. The Morgan fingerprint density at radius 1 is 1.33 bits per heavy atom. The number of hydroxylamine groups is 1. The number of nitrogens with one attached hydrogen (secondary N) is 2. The molecule has 3 N–H and O–H groups in total. The summed E-state index contributed by atoms with van der Waals surface area (Å²) in [5, 5.41) is 12.8. The molecule has 0 saturated heterocycles. The average molecular weight is 292 g/mol. The zero-order valence-electron chi connectivity index (χ0n) is 12.4. The molecule has 2 amide bonds. The van der Waals surface area contributed by atoms with Gasteiger partial charge in [-0.2, -0.15) is 0 Å². The summed E-state index contributed by atoms with van der Waals surface area (Å²) in [4.78, 5) is 17.0. The van der Waals surface area contributed by atoms with Crippen molar-refractivity contribution in [1.82, 2.24) is 10.8 Å². The third kappa shape index (κ3) is 5.36. The topological polar surface area (TPSA) is 70.6 Å². The number of carbonyl (C=O) groups is 1. The van der Waals surface area contributed by atoms with Crippen molar-refractivity contribution in [2.24, 2.45) is 0 Å². The van der Waals surface area contributed by atoms with Crippen LogP contribution in [-0.2, 0) is 11.3 Å². The van der Waals surface area contributed by atoms with Crippen LogP contribution in [0, 0.1) is 0 Å². The summed E-state index contributed by atoms with van der Waals surface area (Å²) in [6, 6.07) is 8.97. The third-order valence-corrected chi connectivity index (χ3v) is 3.84. The van der Waals surface area contributed by atoms with E-state index in [1.54, 1.807) is 6.92 Å². The predicted octanol–water partition coefficient (Wildman–Crippen LogP) is 2.15. The third-order valence-electron chi connectivity index (χ3n) is 3.84. The van der Waals surface area contributed by atoms with E-state index in [1.807, 2.05) is 30.3 Å². The number of carbonyl (C=O) groups excluding carboxylic acids is 1. The minimum absolute atomic E-state index is 0.125. The van der Waals surface area contributed by atoms with Crippen molar-refractivity contribution in [3.8, 4) is 0 Å². The maximum atomic E-state index is 11.7. The molecule has 1 aliphatic rings. The first kappa shape index (κ1) is 15.8. The fourth-order valence-electron chi connectivity index (χ4n) is 2.51. The van der Waals surface area contributed by atoms with E-state index < -0.39 is 12.1 Å². The number of benzene rings is 1. The van der Waals surface area contributed by atoms with E-state index in [4.69, 9.17) is 4.84 Å². The van der Waals surface area contributed by atoms with E-state index in [2.05, 4.69) is 10.8 Å². The normalized spacial score (nSPS) is 18.2. The lowest BCUT2D eigenvalue weighted by Gasteiger charge is -2.21. The zero-order valence-corrected chi connectivity index (χ0v) is 12.4. The Morgan fingerprint density at radius 3 is 2.67 bits per heavy atom. The molecule has 1 aromatic rings. The van der Waals surface area contributed by atoms with E-state index in [0.29, 0.717) is 6.42 Å². The molecule has 0 spiro atoms. The van der Waals surface area contributed by atoms with Gasteiger partial charge in [0, 0.05) is 6.42 Å². The van der Waals surface area contributed by atoms with E-state index in [0.717, 1.165) is 31.2 Å². The molecule has 0 aromatic heterocycles. The van der Waals surface area contributed by atoms with Gasteiger partial charge < -0.3 is 10.4 Å². The lowest BCUT2D eigenvalue weighted by molar-refractivity contribution is -0.00155. The SMILES string of the molecule is CC(NC(=O)NOC1CCCC1)C(O)Cc1ccccc1. The Kier molecular flexibility index (Phi) is 6.02. The van der Waals surface area contributed by atoms with Crippen LogP contribution in [0.25, 0.3) is 0 Å². The molecule has 0 radical (unpaired) electrons. The zero-order chi connectivity index (χ0) is 15.1. The molecule has 1 aliphatic carbocycles. The van der Waals surface area contributed by atoms with Crippen LogP contribution in [0.15, 0.2) is 30.3 Å². The number of aliphatic hydroxyl groups excluding tert-OH is 1. The highest BCUT2D eigenvalue weighted by atomic mass is 16.7. The molecule has 5 heteroatoms. The summed E-state index contributed by atoms with van der Waals surface area (Å²) < 4.78 is 0. The maximum Gasteiger partial charge on any atom is 0.339 e. The summed E-state index contributed by atoms with van der Waals surface area (Å²) in [7, 11) is 0. The van der Waals surface area contributed by atoms with Gasteiger partial charge in [-0.15, -0.1) is 0 Å². The molecule has 5 nitrogen and oxygen atoms in total. The van der Waals surface area contributed by atoms with Gasteiger partial charge in [-0.1, -0.05) is 43.2 Å². The van der Waals surface area contributed by atoms with Gasteiger partial charge in [0.2, 0.25) is 0 Å². The highest BCUT2D eigenvalue weighted by molar-refractivity contribution is 5.73. The van der Waals surface area contributed by atoms with Crippen LogP contribution in [0.5, 0.6) is 0 Å². The number of hydrogen-bond donors (Lipinski definition) is 3. The Morgan fingerprint density at radius 2 is 2.00 bits per heavy atom. The van der Waals surface area contributed by atoms with Crippen LogP contribution >= 0.6 is 0 Å². The number of aliphatic hydroxyl groups is 1. The van der Waals surface area contributed by atoms with E-state index in [9.17, 15) is 9.90 Å². The Hall–Kier alpha value is -1.59. The molecule has 21 heavy (non-hydrogen) atoms. The highest BCUT2D eigenvalue weighted by Crippen LogP contribution is 2.19. The molecule has 0 aliphatic heterocycles. The molecular formula is C16H24N2O3. The van der Waals surface area contributed by atoms with Gasteiger partial charge in [-0.3, -0.25) is 4.84 Å². The second kappa shape index (κ2) is 8.00. The summed E-state index contributed by atoms with van der Waals surface area (Å²) in [5.41, 5.74) is 3.46. The van der Waals surface area contributed by atoms with Crippen LogP contribution in [0.1, 0.15) is 38.2 Å². The second-order valence-corrected chi connectivity index (χ2v) is 5.65. The molecule has 0 heterocycles. The minimum atomic E-state index is -0.635. The lowest BCUT2D eigenvalue weighted by Crippen LogP contribution is -2.47. The maximum absolute atomic E-state index is 11.7. The quantitative estimate of drug-likeness (QED) is 0.704. The number of rotatable bonds is 6. The van der Waals surface area contributed by atoms with Crippen LogP contribution in [0.3, 0.4) is 0 Å². The van der Waals surface area contributed by atoms with Crippen LogP contribution in [0.4, 0.5) is 4.79 Å². The Labute approximate surface area is 125 Å². The van der Waals surface area contributed by atoms with Crippen molar-refractivity contribution in [1.29, 1.82) is 0 Å². The van der Waals surface area contributed by atoms with Gasteiger partial charge in [0.1, 0.15) is 0 Å². The minimum Gasteiger partial charge on any atom is -0.391 e. The van der Waals surface area contributed by atoms with Crippen molar-refractivity contribution in [3.63, 3.8) is 0 Å². The molecule has 2 atom stereocenters. The van der Waals surface area contributed by atoms with Crippen LogP contribution < -0.4 is 10.8 Å². The van der Waals surface area contributed by atoms with Crippen molar-refractivity contribution >= 4 is 6.03 Å². The lowest BCUT2D eigenvalue weighted by atomic mass is 10.0. The van der Waals surface area contributed by atoms with Gasteiger partial charge in [0.15, 0.2) is 0 Å².